The molecule has 2 rings (SSSR count). The van der Waals surface area contributed by atoms with Crippen molar-refractivity contribution in [3.8, 4) is 0 Å². The summed E-state index contributed by atoms with van der Waals surface area (Å²) < 4.78 is 15.7. The lowest BCUT2D eigenvalue weighted by atomic mass is 10.1. The maximum atomic E-state index is 14.0. The van der Waals surface area contributed by atoms with Gasteiger partial charge >= 0.3 is 5.69 Å². The number of hydrogen-bond donors (Lipinski definition) is 1. The molecular weight excluding hydrogens is 249 g/mol. The molecule has 0 aliphatic carbocycles. The number of nitrogens with zero attached hydrogens (tertiary/aromatic N) is 2. The third kappa shape index (κ3) is 2.63. The molecule has 0 aliphatic heterocycles. The molecule has 2 aromatic rings. The first-order chi connectivity index (χ1) is 9.00. The highest BCUT2D eigenvalue weighted by Crippen LogP contribution is 2.22. The van der Waals surface area contributed by atoms with Gasteiger partial charge in [-0.05, 0) is 19.1 Å². The quantitative estimate of drug-likeness (QED) is 0.680. The van der Waals surface area contributed by atoms with Crippen molar-refractivity contribution in [1.29, 1.82) is 0 Å². The van der Waals surface area contributed by atoms with E-state index < -0.39 is 16.4 Å². The van der Waals surface area contributed by atoms with Gasteiger partial charge in [-0.2, -0.15) is 4.39 Å². The highest BCUT2D eigenvalue weighted by atomic mass is 19.1. The van der Waals surface area contributed by atoms with Gasteiger partial charge in [0, 0.05) is 29.6 Å². The van der Waals surface area contributed by atoms with E-state index in [-0.39, 0.29) is 18.2 Å². The second-order valence-corrected chi connectivity index (χ2v) is 4.36. The molecule has 0 aliphatic rings. The summed E-state index contributed by atoms with van der Waals surface area (Å²) >= 11 is 0. The molecule has 1 aromatic carbocycles. The molecule has 0 saturated carbocycles. The zero-order valence-corrected chi connectivity index (χ0v) is 10.4. The molecule has 5 nitrogen and oxygen atoms in total. The Hall–Kier alpha value is -2.21. The van der Waals surface area contributed by atoms with Gasteiger partial charge in [0.05, 0.1) is 11.5 Å². The molecule has 0 bridgehead atoms. The van der Waals surface area contributed by atoms with Crippen molar-refractivity contribution in [1.82, 2.24) is 4.57 Å². The van der Waals surface area contributed by atoms with Crippen LogP contribution in [0.4, 0.5) is 10.1 Å². The molecule has 0 radical (unpaired) electrons. The van der Waals surface area contributed by atoms with Crippen LogP contribution in [-0.4, -0.2) is 9.49 Å². The van der Waals surface area contributed by atoms with Crippen molar-refractivity contribution in [2.75, 3.05) is 0 Å². The fourth-order valence-corrected chi connectivity index (χ4v) is 2.00. The number of nitro benzene ring substituents is 1. The van der Waals surface area contributed by atoms with E-state index >= 15 is 0 Å². The summed E-state index contributed by atoms with van der Waals surface area (Å²) in [4.78, 5) is 9.97. The number of nitrogens with two attached hydrogens (primary N) is 1. The lowest BCUT2D eigenvalue weighted by Gasteiger charge is -2.12. The zero-order valence-electron chi connectivity index (χ0n) is 10.4. The largest absolute Gasteiger partial charge is 0.345 e. The lowest BCUT2D eigenvalue weighted by molar-refractivity contribution is -0.387. The molecule has 1 atom stereocenters. The van der Waals surface area contributed by atoms with Gasteiger partial charge in [0.1, 0.15) is 0 Å². The van der Waals surface area contributed by atoms with Crippen LogP contribution in [0.25, 0.3) is 0 Å². The van der Waals surface area contributed by atoms with Crippen LogP contribution in [0, 0.1) is 15.9 Å². The van der Waals surface area contributed by atoms with Crippen molar-refractivity contribution in [3.63, 3.8) is 0 Å². The van der Waals surface area contributed by atoms with Crippen molar-refractivity contribution in [2.45, 2.75) is 19.5 Å². The minimum atomic E-state index is -0.795. The van der Waals surface area contributed by atoms with E-state index in [1.807, 2.05) is 19.1 Å². The Morgan fingerprint density at radius 3 is 2.79 bits per heavy atom. The third-order valence-corrected chi connectivity index (χ3v) is 2.93. The van der Waals surface area contributed by atoms with Gasteiger partial charge in [0.2, 0.25) is 5.82 Å². The highest BCUT2D eigenvalue weighted by molar-refractivity contribution is 5.37. The van der Waals surface area contributed by atoms with Crippen LogP contribution >= 0.6 is 0 Å². The summed E-state index contributed by atoms with van der Waals surface area (Å²) in [6, 6.07) is 7.64. The number of benzene rings is 1. The molecule has 100 valence electrons. The first kappa shape index (κ1) is 13.2. The smallest absolute Gasteiger partial charge is 0.305 e. The van der Waals surface area contributed by atoms with Crippen LogP contribution in [0.3, 0.4) is 0 Å². The minimum Gasteiger partial charge on any atom is -0.345 e. The van der Waals surface area contributed by atoms with Gasteiger partial charge in [0.15, 0.2) is 0 Å². The molecular formula is C13H14FN3O2. The first-order valence-corrected chi connectivity index (χ1v) is 5.83. The molecule has 2 N–H and O–H groups in total. The molecule has 0 fully saturated rings. The monoisotopic (exact) mass is 263 g/mol. The van der Waals surface area contributed by atoms with Crippen molar-refractivity contribution < 1.29 is 9.31 Å². The molecule has 0 amide bonds. The van der Waals surface area contributed by atoms with Crippen molar-refractivity contribution in [3.05, 3.63) is 63.7 Å². The highest BCUT2D eigenvalue weighted by Gasteiger charge is 2.18. The van der Waals surface area contributed by atoms with Crippen LogP contribution in [0.2, 0.25) is 0 Å². The Labute approximate surface area is 109 Å². The molecule has 0 spiro atoms. The van der Waals surface area contributed by atoms with Crippen molar-refractivity contribution in [2.24, 2.45) is 5.73 Å². The fourth-order valence-electron chi connectivity index (χ4n) is 2.00. The lowest BCUT2D eigenvalue weighted by Crippen LogP contribution is -2.13. The molecule has 1 heterocycles. The molecule has 0 saturated heterocycles. The van der Waals surface area contributed by atoms with Crippen LogP contribution in [-0.2, 0) is 6.54 Å². The van der Waals surface area contributed by atoms with Gasteiger partial charge in [0.25, 0.3) is 0 Å². The van der Waals surface area contributed by atoms with E-state index in [0.29, 0.717) is 0 Å². The van der Waals surface area contributed by atoms with Crippen LogP contribution in [0.5, 0.6) is 0 Å². The number of halogens is 1. The van der Waals surface area contributed by atoms with Crippen molar-refractivity contribution >= 4 is 5.69 Å². The maximum Gasteiger partial charge on any atom is 0.305 e. The summed E-state index contributed by atoms with van der Waals surface area (Å²) in [7, 11) is 0. The second kappa shape index (κ2) is 5.19. The van der Waals surface area contributed by atoms with Crippen LogP contribution < -0.4 is 5.73 Å². The Kier molecular flexibility index (Phi) is 3.62. The second-order valence-electron chi connectivity index (χ2n) is 4.36. The van der Waals surface area contributed by atoms with E-state index in [9.17, 15) is 14.5 Å². The summed E-state index contributed by atoms with van der Waals surface area (Å²) in [6.07, 6.45) is 1.77. The van der Waals surface area contributed by atoms with Gasteiger partial charge in [-0.1, -0.05) is 12.1 Å². The van der Waals surface area contributed by atoms with Gasteiger partial charge < -0.3 is 10.3 Å². The van der Waals surface area contributed by atoms with Crippen LogP contribution in [0.1, 0.15) is 24.2 Å². The average molecular weight is 263 g/mol. The average Bonchev–Trinajstić information content (AvgIpc) is 2.79. The van der Waals surface area contributed by atoms with Gasteiger partial charge in [-0.25, -0.2) is 0 Å². The third-order valence-electron chi connectivity index (χ3n) is 2.93. The molecule has 1 unspecified atom stereocenters. The summed E-state index contributed by atoms with van der Waals surface area (Å²) in [5.41, 5.74) is 6.42. The molecule has 1 aromatic heterocycles. The Morgan fingerprint density at radius 1 is 1.42 bits per heavy atom. The Bertz CT molecular complexity index is 608. The SMILES string of the molecule is CC(N)c1cccn1Cc1cccc([N+](=O)[O-])c1F. The number of rotatable bonds is 4. The van der Waals surface area contributed by atoms with E-state index in [1.165, 1.54) is 12.1 Å². The van der Waals surface area contributed by atoms with E-state index in [0.717, 1.165) is 11.8 Å². The molecule has 6 heteroatoms. The minimum absolute atomic E-state index is 0.184. The van der Waals surface area contributed by atoms with Gasteiger partial charge in [-0.3, -0.25) is 10.1 Å². The fraction of sp³-hybridized carbons (Fsp3) is 0.231. The first-order valence-electron chi connectivity index (χ1n) is 5.83. The summed E-state index contributed by atoms with van der Waals surface area (Å²) in [6.45, 7) is 2.05. The number of aromatic nitrogens is 1. The van der Waals surface area contributed by atoms with E-state index in [4.69, 9.17) is 5.73 Å². The van der Waals surface area contributed by atoms with E-state index in [1.54, 1.807) is 10.8 Å². The topological polar surface area (TPSA) is 74.1 Å². The standard InChI is InChI=1S/C13H14FN3O2/c1-9(15)11-6-3-7-16(11)8-10-4-2-5-12(13(10)14)17(18)19/h2-7,9H,8,15H2,1H3. The number of hydrogen-bond acceptors (Lipinski definition) is 3. The predicted molar refractivity (Wildman–Crippen MR) is 69.2 cm³/mol. The van der Waals surface area contributed by atoms with Crippen LogP contribution in [0.15, 0.2) is 36.5 Å². The normalized spacial score (nSPS) is 12.4. The van der Waals surface area contributed by atoms with Gasteiger partial charge in [-0.15, -0.1) is 0 Å². The zero-order chi connectivity index (χ0) is 14.0. The Balaban J connectivity index is 2.36. The summed E-state index contributed by atoms with van der Waals surface area (Å²) in [5, 5.41) is 10.7. The summed E-state index contributed by atoms with van der Waals surface area (Å²) in [5.74, 6) is -0.795. The van der Waals surface area contributed by atoms with E-state index in [2.05, 4.69) is 0 Å². The number of nitro groups is 1. The Morgan fingerprint density at radius 2 is 2.16 bits per heavy atom. The molecule has 19 heavy (non-hydrogen) atoms. The predicted octanol–water partition coefficient (Wildman–Crippen LogP) is 2.60. The maximum absolute atomic E-state index is 14.0.